The first-order valence-corrected chi connectivity index (χ1v) is 9.63. The number of piperidine rings is 1. The molecule has 3 saturated heterocycles. The van der Waals surface area contributed by atoms with Crippen molar-refractivity contribution in [3.8, 4) is 0 Å². The van der Waals surface area contributed by atoms with E-state index >= 15 is 0 Å². The third kappa shape index (κ3) is 4.47. The zero-order valence-corrected chi connectivity index (χ0v) is 16.2. The maximum atomic E-state index is 11.7. The van der Waals surface area contributed by atoms with Gasteiger partial charge in [0.15, 0.2) is 6.23 Å². The predicted molar refractivity (Wildman–Crippen MR) is 96.7 cm³/mol. The molecule has 3 heterocycles. The van der Waals surface area contributed by atoms with E-state index in [1.54, 1.807) is 11.9 Å². The maximum Gasteiger partial charge on any atom is 0.411 e. The van der Waals surface area contributed by atoms with Crippen LogP contribution < -0.4 is 0 Å². The Hall–Kier alpha value is -1.38. The fourth-order valence-electron chi connectivity index (χ4n) is 4.35. The van der Waals surface area contributed by atoms with Crippen LogP contribution in [-0.2, 0) is 14.3 Å². The number of carbonyl (C=O) groups excluding carboxylic acids is 2. The average Bonchev–Trinajstić information content (AvgIpc) is 2.99. The van der Waals surface area contributed by atoms with Gasteiger partial charge in [0.25, 0.3) is 0 Å². The first-order valence-electron chi connectivity index (χ1n) is 9.63. The molecule has 3 fully saturated rings. The number of amides is 1. The Kier molecular flexibility index (Phi) is 6.37. The van der Waals surface area contributed by atoms with Gasteiger partial charge in [0.2, 0.25) is 0 Å². The van der Waals surface area contributed by atoms with E-state index in [9.17, 15) is 9.59 Å². The number of ether oxygens (including phenoxy) is 2. The molecule has 8 nitrogen and oxygen atoms in total. The molecule has 3 aliphatic rings. The number of cyclic esters (lactones) is 1. The average molecular weight is 368 g/mol. The summed E-state index contributed by atoms with van der Waals surface area (Å²) in [5.41, 5.74) is 0. The van der Waals surface area contributed by atoms with E-state index in [-0.39, 0.29) is 18.3 Å². The molecule has 3 rings (SSSR count). The molecule has 26 heavy (non-hydrogen) atoms. The minimum absolute atomic E-state index is 0.149. The number of rotatable bonds is 5. The molecular weight excluding hydrogens is 336 g/mol. The zero-order chi connectivity index (χ0) is 18.7. The van der Waals surface area contributed by atoms with Gasteiger partial charge in [-0.3, -0.25) is 14.6 Å². The Morgan fingerprint density at radius 1 is 1.15 bits per heavy atom. The van der Waals surface area contributed by atoms with Gasteiger partial charge in [-0.05, 0) is 38.9 Å². The van der Waals surface area contributed by atoms with Crippen molar-refractivity contribution in [1.29, 1.82) is 0 Å². The number of likely N-dealkylation sites (tertiary alicyclic amines) is 1. The molecule has 8 heteroatoms. The van der Waals surface area contributed by atoms with Crippen LogP contribution in [-0.4, -0.2) is 111 Å². The maximum absolute atomic E-state index is 11.7. The largest absolute Gasteiger partial charge is 0.469 e. The van der Waals surface area contributed by atoms with Crippen LogP contribution >= 0.6 is 0 Å². The third-order valence-electron chi connectivity index (χ3n) is 6.09. The predicted octanol–water partition coefficient (Wildman–Crippen LogP) is 0.286. The first kappa shape index (κ1) is 19.4. The highest BCUT2D eigenvalue weighted by molar-refractivity contribution is 5.69. The minimum Gasteiger partial charge on any atom is -0.469 e. The van der Waals surface area contributed by atoms with Gasteiger partial charge in [-0.25, -0.2) is 4.79 Å². The van der Waals surface area contributed by atoms with Crippen molar-refractivity contribution in [3.05, 3.63) is 0 Å². The normalized spacial score (nSPS) is 29.8. The van der Waals surface area contributed by atoms with Gasteiger partial charge in [0.05, 0.1) is 20.1 Å². The highest BCUT2D eigenvalue weighted by Gasteiger charge is 2.40. The van der Waals surface area contributed by atoms with E-state index in [2.05, 4.69) is 21.7 Å². The van der Waals surface area contributed by atoms with Crippen LogP contribution in [0.2, 0.25) is 0 Å². The Bertz CT molecular complexity index is 509. The molecule has 1 amide bonds. The molecule has 0 saturated carbocycles. The van der Waals surface area contributed by atoms with Crippen LogP contribution in [0.3, 0.4) is 0 Å². The van der Waals surface area contributed by atoms with Gasteiger partial charge in [-0.2, -0.15) is 0 Å². The standard InChI is InChI=1S/C18H32N4O4/c1-19-7-4-14(5-8-19)15-12-22(16-13-20(2)18(24)26-16)11-10-21(15)9-6-17(23)25-3/h14-16H,4-13H2,1-3H3. The SMILES string of the molecule is COC(=O)CCN1CCN(C2CN(C)C(=O)O2)CC1C1CCN(C)CC1. The van der Waals surface area contributed by atoms with E-state index in [4.69, 9.17) is 9.47 Å². The van der Waals surface area contributed by atoms with Gasteiger partial charge in [0, 0.05) is 39.3 Å². The summed E-state index contributed by atoms with van der Waals surface area (Å²) in [6.45, 7) is 6.24. The molecule has 2 atom stereocenters. The summed E-state index contributed by atoms with van der Waals surface area (Å²) in [7, 11) is 5.40. The second-order valence-corrected chi connectivity index (χ2v) is 7.78. The van der Waals surface area contributed by atoms with Crippen LogP contribution in [0.1, 0.15) is 19.3 Å². The number of esters is 1. The van der Waals surface area contributed by atoms with Crippen molar-refractivity contribution in [3.63, 3.8) is 0 Å². The van der Waals surface area contributed by atoms with E-state index in [0.717, 1.165) is 39.3 Å². The number of hydrogen-bond donors (Lipinski definition) is 0. The van der Waals surface area contributed by atoms with Gasteiger partial charge in [0.1, 0.15) is 0 Å². The van der Waals surface area contributed by atoms with E-state index < -0.39 is 0 Å². The minimum atomic E-state index is -0.237. The highest BCUT2D eigenvalue weighted by atomic mass is 16.6. The van der Waals surface area contributed by atoms with Crippen LogP contribution in [0.25, 0.3) is 0 Å². The lowest BCUT2D eigenvalue weighted by Crippen LogP contribution is -2.60. The monoisotopic (exact) mass is 368 g/mol. The van der Waals surface area contributed by atoms with Crippen molar-refractivity contribution in [2.24, 2.45) is 5.92 Å². The van der Waals surface area contributed by atoms with Crippen molar-refractivity contribution < 1.29 is 19.1 Å². The lowest BCUT2D eigenvalue weighted by Gasteiger charge is -2.47. The zero-order valence-electron chi connectivity index (χ0n) is 16.2. The molecule has 0 aromatic carbocycles. The molecule has 0 N–H and O–H groups in total. The Morgan fingerprint density at radius 3 is 2.50 bits per heavy atom. The number of hydrogen-bond acceptors (Lipinski definition) is 7. The fourth-order valence-corrected chi connectivity index (χ4v) is 4.35. The molecule has 0 aliphatic carbocycles. The second kappa shape index (κ2) is 8.54. The molecule has 0 bridgehead atoms. The van der Waals surface area contributed by atoms with E-state index in [1.165, 1.54) is 20.0 Å². The fraction of sp³-hybridized carbons (Fsp3) is 0.889. The first-order chi connectivity index (χ1) is 12.5. The molecule has 0 radical (unpaired) electrons. The summed E-state index contributed by atoms with van der Waals surface area (Å²) in [6.07, 6.45) is 2.39. The van der Waals surface area contributed by atoms with Crippen LogP contribution in [0.15, 0.2) is 0 Å². The van der Waals surface area contributed by atoms with Crippen molar-refractivity contribution in [1.82, 2.24) is 19.6 Å². The van der Waals surface area contributed by atoms with Crippen molar-refractivity contribution in [2.45, 2.75) is 31.5 Å². The lowest BCUT2D eigenvalue weighted by atomic mass is 9.87. The number of carbonyl (C=O) groups is 2. The van der Waals surface area contributed by atoms with Crippen LogP contribution in [0.4, 0.5) is 4.79 Å². The number of methoxy groups -OCH3 is 1. The molecule has 0 aromatic rings. The molecule has 2 unspecified atom stereocenters. The Balaban J connectivity index is 1.64. The van der Waals surface area contributed by atoms with E-state index in [0.29, 0.717) is 24.9 Å². The van der Waals surface area contributed by atoms with Crippen molar-refractivity contribution in [2.75, 3.05) is 67.0 Å². The van der Waals surface area contributed by atoms with Gasteiger partial charge in [-0.1, -0.05) is 0 Å². The number of piperazine rings is 1. The topological polar surface area (TPSA) is 65.6 Å². The molecule has 3 aliphatic heterocycles. The van der Waals surface area contributed by atoms with Crippen LogP contribution in [0.5, 0.6) is 0 Å². The summed E-state index contributed by atoms with van der Waals surface area (Å²) in [5, 5.41) is 0. The lowest BCUT2D eigenvalue weighted by molar-refractivity contribution is -0.141. The smallest absolute Gasteiger partial charge is 0.411 e. The second-order valence-electron chi connectivity index (χ2n) is 7.78. The highest BCUT2D eigenvalue weighted by Crippen LogP contribution is 2.28. The number of likely N-dealkylation sites (N-methyl/N-ethyl adjacent to an activating group) is 1. The summed E-state index contributed by atoms with van der Waals surface area (Å²) < 4.78 is 10.3. The molecule has 0 spiro atoms. The number of nitrogens with zero attached hydrogens (tertiary/aromatic N) is 4. The van der Waals surface area contributed by atoms with Crippen molar-refractivity contribution >= 4 is 12.1 Å². The summed E-state index contributed by atoms with van der Waals surface area (Å²) in [5.74, 6) is 0.461. The molecule has 148 valence electrons. The summed E-state index contributed by atoms with van der Waals surface area (Å²) >= 11 is 0. The molecular formula is C18H32N4O4. The Labute approximate surface area is 156 Å². The molecule has 0 aromatic heterocycles. The van der Waals surface area contributed by atoms with Crippen LogP contribution in [0, 0.1) is 5.92 Å². The van der Waals surface area contributed by atoms with Gasteiger partial charge in [-0.15, -0.1) is 0 Å². The van der Waals surface area contributed by atoms with Gasteiger partial charge >= 0.3 is 12.1 Å². The van der Waals surface area contributed by atoms with E-state index in [1.807, 2.05) is 0 Å². The quantitative estimate of drug-likeness (QED) is 0.646. The van der Waals surface area contributed by atoms with Gasteiger partial charge < -0.3 is 19.3 Å². The Morgan fingerprint density at radius 2 is 1.88 bits per heavy atom. The third-order valence-corrected chi connectivity index (χ3v) is 6.09. The summed E-state index contributed by atoms with van der Waals surface area (Å²) in [6, 6.07) is 0.395. The summed E-state index contributed by atoms with van der Waals surface area (Å²) in [4.78, 5) is 32.1.